The van der Waals surface area contributed by atoms with Gasteiger partial charge in [-0.05, 0) is 37.3 Å². The largest absolute Gasteiger partial charge is 1.00 e. The summed E-state index contributed by atoms with van der Waals surface area (Å²) in [5, 5.41) is -0.0608. The molecule has 4 nitrogen and oxygen atoms in total. The minimum absolute atomic E-state index is 0. The van der Waals surface area contributed by atoms with E-state index < -0.39 is 5.82 Å². The Morgan fingerprint density at radius 1 is 1.19 bits per heavy atom. The van der Waals surface area contributed by atoms with Crippen LogP contribution in [0.2, 0.25) is 5.02 Å². The van der Waals surface area contributed by atoms with Crippen LogP contribution in [0.4, 0.5) is 4.39 Å². The molecular weight excluding hydrogens is 435 g/mol. The predicted molar refractivity (Wildman–Crippen MR) is 95.7 cm³/mol. The van der Waals surface area contributed by atoms with Gasteiger partial charge in [-0.2, -0.15) is 4.57 Å². The standard InChI is InChI=1S/C20H17ClFN2O2.BrH/c1-14-3-2-4-16(23-14)13-26-17-7-9-24(10-8-17)12-20(25)15-5-6-19(22)18(21)11-15;/h2-11H,12-13H2,1H3;1H/q+1;/p-1. The number of hydrogen-bond donors (Lipinski definition) is 0. The van der Waals surface area contributed by atoms with E-state index in [0.29, 0.717) is 17.9 Å². The van der Waals surface area contributed by atoms with E-state index in [9.17, 15) is 9.18 Å². The van der Waals surface area contributed by atoms with Crippen LogP contribution in [0.15, 0.2) is 60.9 Å². The molecule has 140 valence electrons. The summed E-state index contributed by atoms with van der Waals surface area (Å²) in [7, 11) is 0. The van der Waals surface area contributed by atoms with E-state index in [0.717, 1.165) is 11.4 Å². The highest BCUT2D eigenvalue weighted by Gasteiger charge is 2.14. The van der Waals surface area contributed by atoms with E-state index >= 15 is 0 Å². The molecule has 0 bridgehead atoms. The van der Waals surface area contributed by atoms with E-state index in [1.54, 1.807) is 29.1 Å². The van der Waals surface area contributed by atoms with Gasteiger partial charge in [-0.3, -0.25) is 9.78 Å². The van der Waals surface area contributed by atoms with Crippen LogP contribution in [0.25, 0.3) is 0 Å². The van der Waals surface area contributed by atoms with Crippen molar-refractivity contribution in [3.05, 3.63) is 88.7 Å². The van der Waals surface area contributed by atoms with Crippen LogP contribution in [0.3, 0.4) is 0 Å². The Bertz CT molecular complexity index is 936. The summed E-state index contributed by atoms with van der Waals surface area (Å²) in [6, 6.07) is 13.3. The second kappa shape index (κ2) is 9.58. The summed E-state index contributed by atoms with van der Waals surface area (Å²) in [4.78, 5) is 16.6. The van der Waals surface area contributed by atoms with Gasteiger partial charge in [0.2, 0.25) is 12.3 Å². The van der Waals surface area contributed by atoms with Crippen molar-refractivity contribution in [3.63, 3.8) is 0 Å². The first-order valence-electron chi connectivity index (χ1n) is 8.04. The fourth-order valence-corrected chi connectivity index (χ4v) is 2.59. The van der Waals surface area contributed by atoms with Crippen molar-refractivity contribution >= 4 is 17.4 Å². The second-order valence-electron chi connectivity index (χ2n) is 5.82. The second-order valence-corrected chi connectivity index (χ2v) is 6.22. The molecule has 0 amide bonds. The summed E-state index contributed by atoms with van der Waals surface area (Å²) in [5.74, 6) is -0.0168. The minimum Gasteiger partial charge on any atom is -1.00 e. The van der Waals surface area contributed by atoms with E-state index in [1.807, 2.05) is 25.1 Å². The highest BCUT2D eigenvalue weighted by molar-refractivity contribution is 6.31. The normalized spacial score (nSPS) is 10.2. The molecule has 1 aromatic carbocycles. The topological polar surface area (TPSA) is 43.1 Å². The summed E-state index contributed by atoms with van der Waals surface area (Å²) >= 11 is 5.72. The van der Waals surface area contributed by atoms with Crippen molar-refractivity contribution < 1.29 is 35.5 Å². The summed E-state index contributed by atoms with van der Waals surface area (Å²) in [5.41, 5.74) is 2.16. The Morgan fingerprint density at radius 3 is 2.59 bits per heavy atom. The SMILES string of the molecule is Cc1cccc(COc2cc[n+](CC(=O)c3ccc(F)c(Cl)c3)cc2)n1.[Br-]. The number of ether oxygens (including phenoxy) is 1. The highest BCUT2D eigenvalue weighted by Crippen LogP contribution is 2.16. The number of hydrogen-bond acceptors (Lipinski definition) is 3. The Balaban J connectivity index is 0.00000261. The number of ketones is 1. The van der Waals surface area contributed by atoms with Gasteiger partial charge in [-0.1, -0.05) is 17.7 Å². The van der Waals surface area contributed by atoms with Gasteiger partial charge < -0.3 is 21.7 Å². The molecule has 7 heteroatoms. The van der Waals surface area contributed by atoms with E-state index in [2.05, 4.69) is 4.98 Å². The molecule has 0 unspecified atom stereocenters. The van der Waals surface area contributed by atoms with E-state index in [1.165, 1.54) is 18.2 Å². The Labute approximate surface area is 172 Å². The zero-order chi connectivity index (χ0) is 18.5. The molecule has 0 radical (unpaired) electrons. The van der Waals surface area contributed by atoms with Crippen molar-refractivity contribution in [2.24, 2.45) is 0 Å². The number of benzene rings is 1. The molecule has 0 spiro atoms. The number of carbonyl (C=O) groups excluding carboxylic acids is 1. The molecule has 0 atom stereocenters. The number of pyridine rings is 2. The average Bonchev–Trinajstić information content (AvgIpc) is 2.63. The first kappa shape index (κ1) is 21.0. The monoisotopic (exact) mass is 450 g/mol. The summed E-state index contributed by atoms with van der Waals surface area (Å²) in [6.07, 6.45) is 3.50. The van der Waals surface area contributed by atoms with Crippen LogP contribution >= 0.6 is 11.6 Å². The summed E-state index contributed by atoms with van der Waals surface area (Å²) < 4.78 is 20.6. The highest BCUT2D eigenvalue weighted by atomic mass is 79.9. The molecule has 0 aliphatic rings. The molecule has 2 heterocycles. The molecule has 2 aromatic heterocycles. The van der Waals surface area contributed by atoms with Crippen LogP contribution < -0.4 is 26.3 Å². The maximum absolute atomic E-state index is 13.2. The number of nitrogens with zero attached hydrogens (tertiary/aromatic N) is 2. The van der Waals surface area contributed by atoms with Gasteiger partial charge in [0, 0.05) is 23.4 Å². The molecule has 27 heavy (non-hydrogen) atoms. The Morgan fingerprint density at radius 2 is 1.93 bits per heavy atom. The fraction of sp³-hybridized carbons (Fsp3) is 0.150. The molecule has 0 fully saturated rings. The summed E-state index contributed by atoms with van der Waals surface area (Å²) in [6.45, 7) is 2.43. The number of carbonyl (C=O) groups is 1. The van der Waals surface area contributed by atoms with Crippen LogP contribution in [-0.2, 0) is 13.2 Å². The Hall–Kier alpha value is -2.31. The minimum atomic E-state index is -0.541. The lowest BCUT2D eigenvalue weighted by molar-refractivity contribution is -0.683. The number of aromatic nitrogens is 2. The molecule has 0 aliphatic carbocycles. The zero-order valence-electron chi connectivity index (χ0n) is 14.5. The van der Waals surface area contributed by atoms with Crippen LogP contribution in [0, 0.1) is 12.7 Å². The van der Waals surface area contributed by atoms with Gasteiger partial charge in [0.1, 0.15) is 18.2 Å². The smallest absolute Gasteiger partial charge is 0.227 e. The van der Waals surface area contributed by atoms with Crippen molar-refractivity contribution in [2.75, 3.05) is 0 Å². The van der Waals surface area contributed by atoms with E-state index in [4.69, 9.17) is 16.3 Å². The molecule has 0 aliphatic heterocycles. The zero-order valence-corrected chi connectivity index (χ0v) is 16.9. The molecule has 0 saturated heterocycles. The lowest BCUT2D eigenvalue weighted by atomic mass is 10.1. The maximum Gasteiger partial charge on any atom is 0.227 e. The van der Waals surface area contributed by atoms with Crippen LogP contribution in [0.1, 0.15) is 21.7 Å². The molecular formula is C20H17BrClFN2O2. The van der Waals surface area contributed by atoms with Crippen molar-refractivity contribution in [1.82, 2.24) is 4.98 Å². The predicted octanol–water partition coefficient (Wildman–Crippen LogP) is 0.936. The van der Waals surface area contributed by atoms with Gasteiger partial charge in [0.05, 0.1) is 10.7 Å². The van der Waals surface area contributed by atoms with Gasteiger partial charge >= 0.3 is 0 Å². The third-order valence-corrected chi connectivity index (χ3v) is 4.05. The third kappa shape index (κ3) is 5.84. The maximum atomic E-state index is 13.2. The number of rotatable bonds is 6. The van der Waals surface area contributed by atoms with Gasteiger partial charge in [-0.25, -0.2) is 4.39 Å². The lowest BCUT2D eigenvalue weighted by Crippen LogP contribution is -3.00. The molecule has 0 saturated carbocycles. The van der Waals surface area contributed by atoms with Crippen molar-refractivity contribution in [2.45, 2.75) is 20.1 Å². The Kier molecular flexibility index (Phi) is 7.45. The van der Waals surface area contributed by atoms with Crippen molar-refractivity contribution in [3.8, 4) is 5.75 Å². The van der Waals surface area contributed by atoms with Gasteiger partial charge in [-0.15, -0.1) is 0 Å². The number of halogens is 3. The first-order valence-corrected chi connectivity index (χ1v) is 8.42. The molecule has 0 N–H and O–H groups in total. The van der Waals surface area contributed by atoms with Crippen LogP contribution in [0.5, 0.6) is 5.75 Å². The average molecular weight is 452 g/mol. The number of Topliss-reactive ketones (excluding diaryl/α,β-unsaturated/α-hetero) is 1. The van der Waals surface area contributed by atoms with E-state index in [-0.39, 0.29) is 34.3 Å². The van der Waals surface area contributed by atoms with Crippen LogP contribution in [-0.4, -0.2) is 10.8 Å². The first-order chi connectivity index (χ1) is 12.5. The quantitative estimate of drug-likeness (QED) is 0.414. The number of aryl methyl sites for hydroxylation is 1. The van der Waals surface area contributed by atoms with Crippen molar-refractivity contribution in [1.29, 1.82) is 0 Å². The van der Waals surface area contributed by atoms with Gasteiger partial charge in [0.15, 0.2) is 12.4 Å². The lowest BCUT2D eigenvalue weighted by Gasteiger charge is -2.05. The molecule has 3 aromatic rings. The van der Waals surface area contributed by atoms with Gasteiger partial charge in [0.25, 0.3) is 0 Å². The fourth-order valence-electron chi connectivity index (χ4n) is 2.41. The molecule has 3 rings (SSSR count). The third-order valence-electron chi connectivity index (χ3n) is 3.76.